The molecule has 0 fully saturated rings. The molecule has 0 rings (SSSR count). The summed E-state index contributed by atoms with van der Waals surface area (Å²) < 4.78 is 0. The van der Waals surface area contributed by atoms with Gasteiger partial charge in [-0.2, -0.15) is 0 Å². The molecular weight excluding hydrogens is 186 g/mol. The molecule has 1 unspecified atom stereocenters. The van der Waals surface area contributed by atoms with Gasteiger partial charge in [-0.15, -0.1) is 0 Å². The van der Waals surface area contributed by atoms with Gasteiger partial charge in [0, 0.05) is 7.05 Å². The molecule has 0 aromatic carbocycles. The molecule has 0 radical (unpaired) electrons. The lowest BCUT2D eigenvalue weighted by Crippen LogP contribution is -2.57. The number of rotatable bonds is 3. The van der Waals surface area contributed by atoms with Crippen LogP contribution < -0.4 is 11.2 Å². The molecule has 4 N–H and O–H groups in total. The summed E-state index contributed by atoms with van der Waals surface area (Å²) in [5.74, 6) is -1.02. The number of nitrogens with zero attached hydrogens (tertiary/aromatic N) is 1. The van der Waals surface area contributed by atoms with Crippen LogP contribution in [-0.4, -0.2) is 40.5 Å². The molecule has 0 bridgehead atoms. The van der Waals surface area contributed by atoms with Gasteiger partial charge in [-0.05, 0) is 20.8 Å². The van der Waals surface area contributed by atoms with Gasteiger partial charge in [0.05, 0.1) is 6.04 Å². The van der Waals surface area contributed by atoms with Crippen molar-refractivity contribution in [3.05, 3.63) is 0 Å². The standard InChI is InChI=1S/C8H17N3O3/c1-5(9)6(12)11(4)8(2,3)7(13)10-14/h5,14H,9H2,1-4H3,(H,10,13). The van der Waals surface area contributed by atoms with Crippen molar-refractivity contribution in [2.24, 2.45) is 5.73 Å². The topological polar surface area (TPSA) is 95.7 Å². The molecule has 0 aliphatic carbocycles. The van der Waals surface area contributed by atoms with Crippen LogP contribution in [0.4, 0.5) is 0 Å². The van der Waals surface area contributed by atoms with Crippen molar-refractivity contribution in [1.82, 2.24) is 10.4 Å². The quantitative estimate of drug-likeness (QED) is 0.408. The Kier molecular flexibility index (Phi) is 4.03. The average molecular weight is 203 g/mol. The van der Waals surface area contributed by atoms with Crippen molar-refractivity contribution < 1.29 is 14.8 Å². The van der Waals surface area contributed by atoms with Crippen LogP contribution >= 0.6 is 0 Å². The van der Waals surface area contributed by atoms with E-state index in [0.717, 1.165) is 0 Å². The predicted molar refractivity (Wildman–Crippen MR) is 50.4 cm³/mol. The SMILES string of the molecule is CC(N)C(=O)N(C)C(C)(C)C(=O)NO. The predicted octanol–water partition coefficient (Wildman–Crippen LogP) is -0.924. The van der Waals surface area contributed by atoms with Gasteiger partial charge in [-0.1, -0.05) is 0 Å². The maximum atomic E-state index is 11.4. The van der Waals surface area contributed by atoms with Crippen molar-refractivity contribution in [2.45, 2.75) is 32.4 Å². The molecule has 1 atom stereocenters. The number of carbonyl (C=O) groups is 2. The summed E-state index contributed by atoms with van der Waals surface area (Å²) in [4.78, 5) is 23.9. The molecule has 0 aromatic rings. The number of hydrogen-bond acceptors (Lipinski definition) is 4. The van der Waals surface area contributed by atoms with Crippen LogP contribution in [-0.2, 0) is 9.59 Å². The number of hydrogen-bond donors (Lipinski definition) is 3. The minimum atomic E-state index is -1.13. The highest BCUT2D eigenvalue weighted by Gasteiger charge is 2.35. The molecule has 0 aromatic heterocycles. The first-order valence-corrected chi connectivity index (χ1v) is 4.23. The Hall–Kier alpha value is -1.14. The van der Waals surface area contributed by atoms with Crippen LogP contribution in [0, 0.1) is 0 Å². The normalized spacial score (nSPS) is 13.3. The second kappa shape index (κ2) is 4.39. The van der Waals surface area contributed by atoms with Gasteiger partial charge in [0.1, 0.15) is 5.54 Å². The van der Waals surface area contributed by atoms with Gasteiger partial charge in [0.2, 0.25) is 5.91 Å². The Morgan fingerprint density at radius 3 is 2.21 bits per heavy atom. The summed E-state index contributed by atoms with van der Waals surface area (Å²) in [6, 6.07) is -0.675. The van der Waals surface area contributed by atoms with Gasteiger partial charge in [-0.3, -0.25) is 14.8 Å². The Bertz CT molecular complexity index is 238. The van der Waals surface area contributed by atoms with E-state index in [4.69, 9.17) is 10.9 Å². The second-order valence-corrected chi connectivity index (χ2v) is 3.69. The monoisotopic (exact) mass is 203 g/mol. The molecule has 14 heavy (non-hydrogen) atoms. The number of nitrogens with one attached hydrogen (secondary N) is 1. The van der Waals surface area contributed by atoms with E-state index in [1.807, 2.05) is 0 Å². The van der Waals surface area contributed by atoms with Gasteiger partial charge in [0.15, 0.2) is 0 Å². The van der Waals surface area contributed by atoms with Crippen molar-refractivity contribution in [2.75, 3.05) is 7.05 Å². The minimum absolute atomic E-state index is 0.362. The molecule has 2 amide bonds. The summed E-state index contributed by atoms with van der Waals surface area (Å²) >= 11 is 0. The average Bonchev–Trinajstić information content (AvgIpc) is 2.13. The van der Waals surface area contributed by atoms with Gasteiger partial charge < -0.3 is 10.6 Å². The second-order valence-electron chi connectivity index (χ2n) is 3.69. The van der Waals surface area contributed by atoms with Crippen LogP contribution in [0.3, 0.4) is 0 Å². The highest BCUT2D eigenvalue weighted by Crippen LogP contribution is 2.13. The summed E-state index contributed by atoms with van der Waals surface area (Å²) in [6.07, 6.45) is 0. The van der Waals surface area contributed by atoms with Crippen molar-refractivity contribution in [3.63, 3.8) is 0 Å². The number of likely N-dealkylation sites (N-methyl/N-ethyl adjacent to an activating group) is 1. The van der Waals surface area contributed by atoms with E-state index in [2.05, 4.69) is 0 Å². The Morgan fingerprint density at radius 1 is 1.50 bits per heavy atom. The number of nitrogens with two attached hydrogens (primary N) is 1. The smallest absolute Gasteiger partial charge is 0.268 e. The molecule has 82 valence electrons. The number of hydroxylamine groups is 1. The van der Waals surface area contributed by atoms with E-state index in [1.54, 1.807) is 0 Å². The summed E-state index contributed by atoms with van der Waals surface area (Å²) in [7, 11) is 1.46. The summed E-state index contributed by atoms with van der Waals surface area (Å²) in [5.41, 5.74) is 5.77. The van der Waals surface area contributed by atoms with E-state index >= 15 is 0 Å². The van der Waals surface area contributed by atoms with Crippen molar-refractivity contribution in [3.8, 4) is 0 Å². The van der Waals surface area contributed by atoms with E-state index in [0.29, 0.717) is 0 Å². The fourth-order valence-electron chi connectivity index (χ4n) is 0.870. The molecule has 0 spiro atoms. The minimum Gasteiger partial charge on any atom is -0.330 e. The van der Waals surface area contributed by atoms with E-state index in [1.165, 1.54) is 38.2 Å². The first-order chi connectivity index (χ1) is 6.25. The molecular formula is C8H17N3O3. The molecule has 0 saturated carbocycles. The zero-order valence-electron chi connectivity index (χ0n) is 8.87. The van der Waals surface area contributed by atoms with E-state index in [-0.39, 0.29) is 5.91 Å². The third kappa shape index (κ3) is 2.43. The summed E-state index contributed by atoms with van der Waals surface area (Å²) in [5, 5.41) is 8.47. The lowest BCUT2D eigenvalue weighted by atomic mass is 10.0. The summed E-state index contributed by atoms with van der Waals surface area (Å²) in [6.45, 7) is 4.56. The first-order valence-electron chi connectivity index (χ1n) is 4.23. The van der Waals surface area contributed by atoms with Crippen LogP contribution in [0.25, 0.3) is 0 Å². The zero-order valence-corrected chi connectivity index (χ0v) is 8.87. The Morgan fingerprint density at radius 2 is 1.93 bits per heavy atom. The number of carbonyl (C=O) groups excluding carboxylic acids is 2. The molecule has 6 heteroatoms. The lowest BCUT2D eigenvalue weighted by molar-refractivity contribution is -0.149. The van der Waals surface area contributed by atoms with Crippen LogP contribution in [0.2, 0.25) is 0 Å². The van der Waals surface area contributed by atoms with E-state index in [9.17, 15) is 9.59 Å². The molecule has 0 aliphatic rings. The number of amides is 2. The lowest BCUT2D eigenvalue weighted by Gasteiger charge is -2.34. The fourth-order valence-corrected chi connectivity index (χ4v) is 0.870. The van der Waals surface area contributed by atoms with Crippen molar-refractivity contribution >= 4 is 11.8 Å². The maximum absolute atomic E-state index is 11.4. The maximum Gasteiger partial charge on any atom is 0.268 e. The van der Waals surface area contributed by atoms with Gasteiger partial charge in [-0.25, -0.2) is 5.48 Å². The van der Waals surface area contributed by atoms with Crippen LogP contribution in [0.5, 0.6) is 0 Å². The van der Waals surface area contributed by atoms with Gasteiger partial charge >= 0.3 is 0 Å². The van der Waals surface area contributed by atoms with Crippen LogP contribution in [0.1, 0.15) is 20.8 Å². The first kappa shape index (κ1) is 12.9. The van der Waals surface area contributed by atoms with Gasteiger partial charge in [0.25, 0.3) is 5.91 Å². The van der Waals surface area contributed by atoms with Crippen LogP contribution in [0.15, 0.2) is 0 Å². The zero-order chi connectivity index (χ0) is 11.5. The fraction of sp³-hybridized carbons (Fsp3) is 0.750. The Balaban J connectivity index is 4.74. The third-order valence-corrected chi connectivity index (χ3v) is 2.22. The Labute approximate surface area is 83.0 Å². The molecule has 0 aliphatic heterocycles. The molecule has 6 nitrogen and oxygen atoms in total. The largest absolute Gasteiger partial charge is 0.330 e. The third-order valence-electron chi connectivity index (χ3n) is 2.22. The molecule has 0 saturated heterocycles. The van der Waals surface area contributed by atoms with E-state index < -0.39 is 17.5 Å². The van der Waals surface area contributed by atoms with Crippen molar-refractivity contribution in [1.29, 1.82) is 0 Å². The highest BCUT2D eigenvalue weighted by atomic mass is 16.5. The molecule has 0 heterocycles. The highest BCUT2D eigenvalue weighted by molar-refractivity contribution is 5.91.